The molecule has 5 aromatic rings. The van der Waals surface area contributed by atoms with Crippen molar-refractivity contribution in [3.63, 3.8) is 0 Å². The van der Waals surface area contributed by atoms with Crippen LogP contribution in [0.3, 0.4) is 0 Å². The Morgan fingerprint density at radius 1 is 0.816 bits per heavy atom. The molecule has 38 heavy (non-hydrogen) atoms. The van der Waals surface area contributed by atoms with Crippen LogP contribution in [0.5, 0.6) is 0 Å². The number of nitrogens with one attached hydrogen (secondary N) is 1. The predicted molar refractivity (Wildman–Crippen MR) is 152 cm³/mol. The lowest BCUT2D eigenvalue weighted by atomic mass is 9.85. The molecule has 5 nitrogen and oxygen atoms in total. The number of carbonyl (C=O) groups is 2. The average Bonchev–Trinajstić information content (AvgIpc) is 3.46. The maximum absolute atomic E-state index is 13.7. The smallest absolute Gasteiger partial charge is 0.300 e. The first-order valence-electron chi connectivity index (χ1n) is 12.7. The number of para-hydroxylation sites is 1. The van der Waals surface area contributed by atoms with Crippen molar-refractivity contribution in [3.8, 4) is 0 Å². The average molecular weight is 501 g/mol. The standard InChI is InChI=1S/C33H28N2O3/c1-33(2,3)22-17-15-21(16-18-22)29-28(30(36)25-19-34-26-13-7-6-12-24(25)26)31(37)32(38)35(29)27-14-8-10-20-9-4-5-11-23(20)27/h4-19,29,34,36H,1-3H3/b30-28-. The maximum Gasteiger partial charge on any atom is 0.300 e. The van der Waals surface area contributed by atoms with E-state index in [2.05, 4.69) is 25.8 Å². The summed E-state index contributed by atoms with van der Waals surface area (Å²) in [5, 5.41) is 14.3. The number of aromatic amines is 1. The molecule has 0 spiro atoms. The number of carbonyl (C=O) groups excluding carboxylic acids is 2. The van der Waals surface area contributed by atoms with Gasteiger partial charge in [-0.25, -0.2) is 0 Å². The van der Waals surface area contributed by atoms with Crippen molar-refractivity contribution in [1.29, 1.82) is 0 Å². The molecule has 0 radical (unpaired) electrons. The van der Waals surface area contributed by atoms with E-state index in [0.717, 1.165) is 32.8 Å². The zero-order chi connectivity index (χ0) is 26.6. The van der Waals surface area contributed by atoms with E-state index in [-0.39, 0.29) is 16.7 Å². The number of hydrogen-bond acceptors (Lipinski definition) is 3. The lowest BCUT2D eigenvalue weighted by Crippen LogP contribution is -2.29. The summed E-state index contributed by atoms with van der Waals surface area (Å²) in [7, 11) is 0. The largest absolute Gasteiger partial charge is 0.507 e. The second-order valence-electron chi connectivity index (χ2n) is 10.8. The van der Waals surface area contributed by atoms with Crippen LogP contribution in [0.4, 0.5) is 5.69 Å². The van der Waals surface area contributed by atoms with Gasteiger partial charge >= 0.3 is 0 Å². The Morgan fingerprint density at radius 2 is 1.47 bits per heavy atom. The quantitative estimate of drug-likeness (QED) is 0.156. The maximum atomic E-state index is 13.7. The van der Waals surface area contributed by atoms with E-state index in [1.807, 2.05) is 91.0 Å². The van der Waals surface area contributed by atoms with Crippen molar-refractivity contribution < 1.29 is 14.7 Å². The first-order chi connectivity index (χ1) is 18.3. The van der Waals surface area contributed by atoms with Crippen molar-refractivity contribution in [3.05, 3.63) is 119 Å². The Labute approximate surface area is 221 Å². The topological polar surface area (TPSA) is 73.4 Å². The number of ketones is 1. The zero-order valence-corrected chi connectivity index (χ0v) is 21.5. The monoisotopic (exact) mass is 500 g/mol. The molecule has 1 fully saturated rings. The second kappa shape index (κ2) is 8.73. The van der Waals surface area contributed by atoms with E-state index < -0.39 is 17.7 Å². The minimum absolute atomic E-state index is 0.0555. The van der Waals surface area contributed by atoms with Crippen LogP contribution in [0.25, 0.3) is 27.4 Å². The molecular weight excluding hydrogens is 472 g/mol. The van der Waals surface area contributed by atoms with Gasteiger partial charge in [0.2, 0.25) is 0 Å². The highest BCUT2D eigenvalue weighted by molar-refractivity contribution is 6.52. The molecule has 0 saturated carbocycles. The molecule has 6 rings (SSSR count). The molecule has 1 aromatic heterocycles. The molecule has 1 aliphatic heterocycles. The van der Waals surface area contributed by atoms with Crippen LogP contribution < -0.4 is 4.90 Å². The van der Waals surface area contributed by atoms with E-state index >= 15 is 0 Å². The van der Waals surface area contributed by atoms with Gasteiger partial charge in [0.25, 0.3) is 11.7 Å². The van der Waals surface area contributed by atoms with E-state index in [1.165, 1.54) is 4.90 Å². The SMILES string of the molecule is CC(C)(C)c1ccc(C2/C(=C(/O)c3c[nH]c4ccccc34)C(=O)C(=O)N2c2cccc3ccccc23)cc1. The van der Waals surface area contributed by atoms with Gasteiger partial charge in [-0.15, -0.1) is 0 Å². The van der Waals surface area contributed by atoms with Gasteiger partial charge in [-0.3, -0.25) is 14.5 Å². The Kier molecular flexibility index (Phi) is 5.46. The highest BCUT2D eigenvalue weighted by Crippen LogP contribution is 2.45. The van der Waals surface area contributed by atoms with Gasteiger partial charge in [0.05, 0.1) is 17.3 Å². The van der Waals surface area contributed by atoms with Gasteiger partial charge in [-0.1, -0.05) is 99.6 Å². The minimum atomic E-state index is -0.788. The van der Waals surface area contributed by atoms with Gasteiger partial charge in [0, 0.05) is 28.0 Å². The summed E-state index contributed by atoms with van der Waals surface area (Å²) in [5.41, 5.74) is 3.88. The van der Waals surface area contributed by atoms with Crippen LogP contribution in [-0.2, 0) is 15.0 Å². The van der Waals surface area contributed by atoms with Crippen LogP contribution >= 0.6 is 0 Å². The third-order valence-corrected chi connectivity index (χ3v) is 7.41. The number of aliphatic hydroxyl groups excluding tert-OH is 1. The third-order valence-electron chi connectivity index (χ3n) is 7.41. The normalized spacial score (nSPS) is 17.6. The molecule has 1 aliphatic rings. The predicted octanol–water partition coefficient (Wildman–Crippen LogP) is 7.24. The molecule has 188 valence electrons. The Hall–Kier alpha value is -4.64. The Morgan fingerprint density at radius 3 is 2.21 bits per heavy atom. The zero-order valence-electron chi connectivity index (χ0n) is 21.5. The number of nitrogens with zero attached hydrogens (tertiary/aromatic N) is 1. The Bertz CT molecular complexity index is 1750. The van der Waals surface area contributed by atoms with Crippen LogP contribution in [0.2, 0.25) is 0 Å². The number of aromatic nitrogens is 1. The highest BCUT2D eigenvalue weighted by Gasteiger charge is 2.47. The van der Waals surface area contributed by atoms with Crippen molar-refractivity contribution >= 4 is 44.8 Å². The number of H-pyrrole nitrogens is 1. The summed E-state index contributed by atoms with van der Waals surface area (Å²) in [4.78, 5) is 32.1. The van der Waals surface area contributed by atoms with Gasteiger partial charge in [0.1, 0.15) is 5.76 Å². The number of hydrogen-bond donors (Lipinski definition) is 2. The summed E-state index contributed by atoms with van der Waals surface area (Å²) < 4.78 is 0. The highest BCUT2D eigenvalue weighted by atomic mass is 16.3. The van der Waals surface area contributed by atoms with Gasteiger partial charge < -0.3 is 10.1 Å². The fourth-order valence-electron chi connectivity index (χ4n) is 5.39. The summed E-state index contributed by atoms with van der Waals surface area (Å²) in [6, 6.07) is 28.3. The lowest BCUT2D eigenvalue weighted by molar-refractivity contribution is -0.132. The lowest BCUT2D eigenvalue weighted by Gasteiger charge is -2.27. The van der Waals surface area contributed by atoms with Crippen LogP contribution in [0.1, 0.15) is 43.5 Å². The van der Waals surface area contributed by atoms with E-state index in [0.29, 0.717) is 11.3 Å². The number of benzene rings is 4. The van der Waals surface area contributed by atoms with Gasteiger partial charge in [-0.2, -0.15) is 0 Å². The molecule has 4 aromatic carbocycles. The van der Waals surface area contributed by atoms with Crippen molar-refractivity contribution in [1.82, 2.24) is 4.98 Å². The number of rotatable bonds is 3. The second-order valence-corrected chi connectivity index (χ2v) is 10.8. The number of aliphatic hydroxyl groups is 1. The molecule has 2 N–H and O–H groups in total. The van der Waals surface area contributed by atoms with Gasteiger partial charge in [-0.05, 0) is 34.1 Å². The molecule has 1 unspecified atom stereocenters. The molecule has 0 bridgehead atoms. The molecule has 1 atom stereocenters. The fourth-order valence-corrected chi connectivity index (χ4v) is 5.39. The molecular formula is C33H28N2O3. The molecule has 1 saturated heterocycles. The molecule has 1 amide bonds. The number of fused-ring (bicyclic) bond motifs is 2. The first-order valence-corrected chi connectivity index (χ1v) is 12.7. The molecule has 0 aliphatic carbocycles. The molecule has 2 heterocycles. The number of amides is 1. The first kappa shape index (κ1) is 23.7. The third kappa shape index (κ3) is 3.70. The summed E-state index contributed by atoms with van der Waals surface area (Å²) in [5.74, 6) is -1.55. The van der Waals surface area contributed by atoms with E-state index in [9.17, 15) is 14.7 Å². The van der Waals surface area contributed by atoms with Crippen molar-refractivity contribution in [2.75, 3.05) is 4.90 Å². The van der Waals surface area contributed by atoms with Crippen molar-refractivity contribution in [2.45, 2.75) is 32.2 Å². The van der Waals surface area contributed by atoms with Crippen molar-refractivity contribution in [2.24, 2.45) is 0 Å². The summed E-state index contributed by atoms with van der Waals surface area (Å²) >= 11 is 0. The van der Waals surface area contributed by atoms with Crippen LogP contribution in [-0.4, -0.2) is 21.8 Å². The summed E-state index contributed by atoms with van der Waals surface area (Å²) in [6.45, 7) is 6.42. The van der Waals surface area contributed by atoms with Gasteiger partial charge in [0.15, 0.2) is 0 Å². The summed E-state index contributed by atoms with van der Waals surface area (Å²) in [6.07, 6.45) is 1.69. The van der Waals surface area contributed by atoms with E-state index in [4.69, 9.17) is 0 Å². The fraction of sp³-hybridized carbons (Fsp3) is 0.152. The Balaban J connectivity index is 1.61. The number of anilines is 1. The van der Waals surface area contributed by atoms with Crippen LogP contribution in [0, 0.1) is 0 Å². The van der Waals surface area contributed by atoms with Crippen LogP contribution in [0.15, 0.2) is 103 Å². The number of Topliss-reactive ketones (excluding diaryl/α,β-unsaturated/α-hetero) is 1. The van der Waals surface area contributed by atoms with E-state index in [1.54, 1.807) is 6.20 Å². The minimum Gasteiger partial charge on any atom is -0.507 e. The molecule has 5 heteroatoms.